The molecule has 0 aliphatic heterocycles. The average molecular weight is 287 g/mol. The standard InChI is InChI=1S/C18H30.Na.H2O/c1-2-3-4-5-6-7-8-9-10-12-15-18-16-13-11-14-17-18;;/h11,13-14,16-17H,2-10,12,15H2,1H3;;1H2. The molecule has 111 valence electrons. The van der Waals surface area contributed by atoms with E-state index in [2.05, 4.69) is 37.3 Å². The molecule has 0 bridgehead atoms. The Hall–Kier alpha value is 0.180. The Labute approximate surface area is 148 Å². The summed E-state index contributed by atoms with van der Waals surface area (Å²) in [7, 11) is 0. The van der Waals surface area contributed by atoms with Crippen molar-refractivity contribution in [2.24, 2.45) is 0 Å². The van der Waals surface area contributed by atoms with E-state index in [1.807, 2.05) is 0 Å². The molecule has 0 spiro atoms. The van der Waals surface area contributed by atoms with Gasteiger partial charge >= 0.3 is 0 Å². The van der Waals surface area contributed by atoms with Crippen LogP contribution in [-0.2, 0) is 6.42 Å². The number of hydrogen-bond donors (Lipinski definition) is 0. The van der Waals surface area contributed by atoms with Crippen molar-refractivity contribution in [1.82, 2.24) is 0 Å². The van der Waals surface area contributed by atoms with Gasteiger partial charge in [0.2, 0.25) is 0 Å². The third kappa shape index (κ3) is 13.2. The number of rotatable bonds is 11. The number of unbranched alkanes of at least 4 members (excludes halogenated alkanes) is 9. The quantitative estimate of drug-likeness (QED) is 0.407. The van der Waals surface area contributed by atoms with E-state index in [-0.39, 0.29) is 35.0 Å². The van der Waals surface area contributed by atoms with E-state index in [0.717, 1.165) is 0 Å². The van der Waals surface area contributed by atoms with Gasteiger partial charge in [0.05, 0.1) is 0 Å². The molecule has 0 saturated heterocycles. The maximum atomic E-state index is 2.28. The fourth-order valence-electron chi connectivity index (χ4n) is 2.46. The molecule has 2 heteroatoms. The Morgan fingerprint density at radius 2 is 1.10 bits per heavy atom. The summed E-state index contributed by atoms with van der Waals surface area (Å²) in [5, 5.41) is 0. The average Bonchev–Trinajstić information content (AvgIpc) is 2.42. The second kappa shape index (κ2) is 17.2. The van der Waals surface area contributed by atoms with Gasteiger partial charge in [-0.3, -0.25) is 0 Å². The molecule has 1 aromatic carbocycles. The summed E-state index contributed by atoms with van der Waals surface area (Å²) in [6, 6.07) is 10.9. The summed E-state index contributed by atoms with van der Waals surface area (Å²) in [5.74, 6) is 0. The van der Waals surface area contributed by atoms with Crippen molar-refractivity contribution >= 4 is 29.6 Å². The molecule has 1 rings (SSSR count). The monoisotopic (exact) mass is 287 g/mol. The van der Waals surface area contributed by atoms with E-state index in [1.54, 1.807) is 0 Å². The third-order valence-electron chi connectivity index (χ3n) is 3.66. The summed E-state index contributed by atoms with van der Waals surface area (Å²) >= 11 is 0. The van der Waals surface area contributed by atoms with E-state index in [9.17, 15) is 0 Å². The topological polar surface area (TPSA) is 31.5 Å². The van der Waals surface area contributed by atoms with Gasteiger partial charge in [0.15, 0.2) is 0 Å². The Morgan fingerprint density at radius 3 is 1.60 bits per heavy atom. The van der Waals surface area contributed by atoms with Crippen LogP contribution in [0.4, 0.5) is 0 Å². The van der Waals surface area contributed by atoms with Crippen LogP contribution < -0.4 is 0 Å². The van der Waals surface area contributed by atoms with E-state index >= 15 is 0 Å². The van der Waals surface area contributed by atoms with Crippen LogP contribution in [0.3, 0.4) is 0 Å². The van der Waals surface area contributed by atoms with Gasteiger partial charge in [-0.05, 0) is 18.4 Å². The van der Waals surface area contributed by atoms with Crippen LogP contribution in [-0.4, -0.2) is 35.0 Å². The van der Waals surface area contributed by atoms with Crippen LogP contribution in [0, 0.1) is 0 Å². The molecule has 1 aromatic rings. The van der Waals surface area contributed by atoms with Crippen LogP contribution in [0.2, 0.25) is 0 Å². The molecule has 0 unspecified atom stereocenters. The van der Waals surface area contributed by atoms with Crippen molar-refractivity contribution < 1.29 is 5.48 Å². The molecule has 2 N–H and O–H groups in total. The van der Waals surface area contributed by atoms with E-state index in [4.69, 9.17) is 0 Å². The molecule has 0 aliphatic rings. The third-order valence-corrected chi connectivity index (χ3v) is 3.66. The minimum Gasteiger partial charge on any atom is -0.412 e. The first kappa shape index (κ1) is 22.5. The Balaban J connectivity index is 0. The predicted molar refractivity (Wildman–Crippen MR) is 91.4 cm³/mol. The molecule has 0 heterocycles. The molecular weight excluding hydrogens is 255 g/mol. The molecule has 0 fully saturated rings. The maximum absolute atomic E-state index is 2.28. The van der Waals surface area contributed by atoms with Gasteiger partial charge in [-0.1, -0.05) is 95.0 Å². The molecular formula is C18H32NaO. The van der Waals surface area contributed by atoms with Gasteiger partial charge < -0.3 is 5.48 Å². The van der Waals surface area contributed by atoms with Gasteiger partial charge in [-0.2, -0.15) is 0 Å². The van der Waals surface area contributed by atoms with Crippen LogP contribution >= 0.6 is 0 Å². The first-order valence-corrected chi connectivity index (χ1v) is 7.97. The molecule has 0 saturated carbocycles. The van der Waals surface area contributed by atoms with Gasteiger partial charge in [0.25, 0.3) is 0 Å². The van der Waals surface area contributed by atoms with E-state index in [0.29, 0.717) is 0 Å². The predicted octanol–water partition coefficient (Wildman–Crippen LogP) is 4.94. The second-order valence-corrected chi connectivity index (χ2v) is 5.42. The number of hydrogen-bond acceptors (Lipinski definition) is 0. The SMILES string of the molecule is CCCCCCCCCCCCc1ccccc1.O.[Na]. The first-order valence-electron chi connectivity index (χ1n) is 7.97. The minimum atomic E-state index is 0. The summed E-state index contributed by atoms with van der Waals surface area (Å²) in [6.07, 6.45) is 15.5. The van der Waals surface area contributed by atoms with Crippen LogP contribution in [0.5, 0.6) is 0 Å². The summed E-state index contributed by atoms with van der Waals surface area (Å²) in [5.41, 5.74) is 1.50. The molecule has 0 aliphatic carbocycles. The van der Waals surface area contributed by atoms with Crippen molar-refractivity contribution in [2.75, 3.05) is 0 Å². The van der Waals surface area contributed by atoms with Crippen LogP contribution in [0.1, 0.15) is 76.7 Å². The Morgan fingerprint density at radius 1 is 0.650 bits per heavy atom. The van der Waals surface area contributed by atoms with Crippen molar-refractivity contribution in [2.45, 2.75) is 77.6 Å². The number of aryl methyl sites for hydroxylation is 1. The second-order valence-electron chi connectivity index (χ2n) is 5.42. The number of benzene rings is 1. The minimum absolute atomic E-state index is 0. The van der Waals surface area contributed by atoms with E-state index in [1.165, 1.54) is 76.2 Å². The molecule has 1 radical (unpaired) electrons. The van der Waals surface area contributed by atoms with Crippen molar-refractivity contribution in [3.63, 3.8) is 0 Å². The van der Waals surface area contributed by atoms with Crippen LogP contribution in [0.25, 0.3) is 0 Å². The fourth-order valence-corrected chi connectivity index (χ4v) is 2.46. The van der Waals surface area contributed by atoms with E-state index < -0.39 is 0 Å². The van der Waals surface area contributed by atoms with Gasteiger partial charge in [-0.15, -0.1) is 0 Å². The Kier molecular flexibility index (Phi) is 19.4. The fraction of sp³-hybridized carbons (Fsp3) is 0.667. The zero-order valence-corrected chi connectivity index (χ0v) is 15.7. The normalized spacial score (nSPS) is 9.65. The van der Waals surface area contributed by atoms with Gasteiger partial charge in [-0.25, -0.2) is 0 Å². The van der Waals surface area contributed by atoms with Crippen molar-refractivity contribution in [1.29, 1.82) is 0 Å². The van der Waals surface area contributed by atoms with Gasteiger partial charge in [0, 0.05) is 29.6 Å². The smallest absolute Gasteiger partial charge is 0 e. The molecule has 0 atom stereocenters. The molecule has 20 heavy (non-hydrogen) atoms. The van der Waals surface area contributed by atoms with Gasteiger partial charge in [0.1, 0.15) is 0 Å². The largest absolute Gasteiger partial charge is 0.412 e. The first-order chi connectivity index (χ1) is 8.93. The summed E-state index contributed by atoms with van der Waals surface area (Å²) in [4.78, 5) is 0. The van der Waals surface area contributed by atoms with Crippen molar-refractivity contribution in [3.8, 4) is 0 Å². The Bertz CT molecular complexity index is 274. The van der Waals surface area contributed by atoms with Crippen molar-refractivity contribution in [3.05, 3.63) is 35.9 Å². The molecule has 0 amide bonds. The molecule has 1 nitrogen and oxygen atoms in total. The zero-order chi connectivity index (χ0) is 12.9. The summed E-state index contributed by atoms with van der Waals surface area (Å²) in [6.45, 7) is 2.28. The zero-order valence-electron chi connectivity index (χ0n) is 13.7. The summed E-state index contributed by atoms with van der Waals surface area (Å²) < 4.78 is 0. The maximum Gasteiger partial charge on any atom is 0 e. The van der Waals surface area contributed by atoms with Crippen LogP contribution in [0.15, 0.2) is 30.3 Å². The molecule has 0 aromatic heterocycles.